The molecule has 0 bridgehead atoms. The monoisotopic (exact) mass is 260 g/mol. The lowest BCUT2D eigenvalue weighted by atomic mass is 9.93. The molecule has 98 valence electrons. The quantitative estimate of drug-likeness (QED) is 0.670. The number of nitrogens with one attached hydrogen (secondary N) is 1. The third-order valence-electron chi connectivity index (χ3n) is 2.98. The van der Waals surface area contributed by atoms with Crippen molar-refractivity contribution in [3.05, 3.63) is 39.4 Å². The highest BCUT2D eigenvalue weighted by molar-refractivity contribution is 5.44. The van der Waals surface area contributed by atoms with Crippen LogP contribution in [0, 0.1) is 16.0 Å². The number of hydrogen-bond acceptors (Lipinski definition) is 3. The number of benzene rings is 1. The van der Waals surface area contributed by atoms with Crippen molar-refractivity contribution in [1.29, 1.82) is 0 Å². The lowest BCUT2D eigenvalue weighted by Crippen LogP contribution is -2.43. The number of alkyl halides is 3. The van der Waals surface area contributed by atoms with Gasteiger partial charge in [0.15, 0.2) is 0 Å². The van der Waals surface area contributed by atoms with E-state index < -0.39 is 22.4 Å². The van der Waals surface area contributed by atoms with E-state index in [1.165, 1.54) is 6.07 Å². The van der Waals surface area contributed by atoms with E-state index in [1.807, 2.05) is 0 Å². The minimum atomic E-state index is -4.55. The smallest absolute Gasteiger partial charge is 0.316 e. The average molecular weight is 260 g/mol. The number of hydrogen-bond donors (Lipinski definition) is 1. The Bertz CT molecular complexity index is 470. The highest BCUT2D eigenvalue weighted by atomic mass is 19.4. The van der Waals surface area contributed by atoms with E-state index in [9.17, 15) is 23.3 Å². The second-order valence-corrected chi connectivity index (χ2v) is 4.33. The summed E-state index contributed by atoms with van der Waals surface area (Å²) in [5, 5.41) is 13.8. The molecule has 1 saturated heterocycles. The Morgan fingerprint density at radius 3 is 2.50 bits per heavy atom. The fraction of sp³-hybridized carbons (Fsp3) is 0.455. The predicted molar refractivity (Wildman–Crippen MR) is 58.2 cm³/mol. The van der Waals surface area contributed by atoms with Gasteiger partial charge in [0.2, 0.25) is 0 Å². The van der Waals surface area contributed by atoms with Gasteiger partial charge in [-0.2, -0.15) is 13.2 Å². The van der Waals surface area contributed by atoms with Crippen molar-refractivity contribution in [3.63, 3.8) is 0 Å². The Morgan fingerprint density at radius 2 is 2.06 bits per heavy atom. The van der Waals surface area contributed by atoms with Crippen molar-refractivity contribution in [1.82, 2.24) is 5.32 Å². The second-order valence-electron chi connectivity index (χ2n) is 4.33. The SMILES string of the molecule is O=[N+]([O-])c1cc(C(F)(F)F)ccc1CC1CNC1. The van der Waals surface area contributed by atoms with Crippen molar-refractivity contribution in [3.8, 4) is 0 Å². The van der Waals surface area contributed by atoms with E-state index in [4.69, 9.17) is 0 Å². The van der Waals surface area contributed by atoms with Gasteiger partial charge in [-0.1, -0.05) is 6.07 Å². The summed E-state index contributed by atoms with van der Waals surface area (Å²) in [6.45, 7) is 1.50. The number of rotatable bonds is 3. The molecule has 0 radical (unpaired) electrons. The predicted octanol–water partition coefficient (Wildman–Crippen LogP) is 2.38. The summed E-state index contributed by atoms with van der Waals surface area (Å²) in [4.78, 5) is 10.1. The van der Waals surface area contributed by atoms with Gasteiger partial charge in [-0.05, 0) is 31.5 Å². The van der Waals surface area contributed by atoms with Crippen molar-refractivity contribution < 1.29 is 18.1 Å². The van der Waals surface area contributed by atoms with Crippen LogP contribution in [0.3, 0.4) is 0 Å². The molecule has 4 nitrogen and oxygen atoms in total. The fourth-order valence-corrected chi connectivity index (χ4v) is 1.89. The Labute approximate surface area is 101 Å². The van der Waals surface area contributed by atoms with Crippen LogP contribution in [-0.2, 0) is 12.6 Å². The van der Waals surface area contributed by atoms with Gasteiger partial charge in [-0.3, -0.25) is 10.1 Å². The fourth-order valence-electron chi connectivity index (χ4n) is 1.89. The van der Waals surface area contributed by atoms with Crippen LogP contribution >= 0.6 is 0 Å². The van der Waals surface area contributed by atoms with E-state index in [1.54, 1.807) is 0 Å². The van der Waals surface area contributed by atoms with Crippen LogP contribution in [0.25, 0.3) is 0 Å². The lowest BCUT2D eigenvalue weighted by Gasteiger charge is -2.26. The maximum absolute atomic E-state index is 12.5. The molecule has 0 unspecified atom stereocenters. The number of nitro benzene ring substituents is 1. The Morgan fingerprint density at radius 1 is 1.39 bits per heavy atom. The van der Waals surface area contributed by atoms with Crippen LogP contribution in [0.2, 0.25) is 0 Å². The zero-order valence-corrected chi connectivity index (χ0v) is 9.33. The van der Waals surface area contributed by atoms with Gasteiger partial charge in [-0.25, -0.2) is 0 Å². The zero-order chi connectivity index (χ0) is 13.3. The average Bonchev–Trinajstić information content (AvgIpc) is 2.21. The first-order chi connectivity index (χ1) is 8.38. The molecule has 1 heterocycles. The molecule has 2 rings (SSSR count). The minimum absolute atomic E-state index is 0.264. The molecule has 0 amide bonds. The summed E-state index contributed by atoms with van der Waals surface area (Å²) in [5.74, 6) is 0.264. The summed E-state index contributed by atoms with van der Waals surface area (Å²) in [6.07, 6.45) is -4.12. The van der Waals surface area contributed by atoms with Crippen LogP contribution < -0.4 is 5.32 Å². The van der Waals surface area contributed by atoms with Crippen LogP contribution in [-0.4, -0.2) is 18.0 Å². The first-order valence-electron chi connectivity index (χ1n) is 5.43. The maximum Gasteiger partial charge on any atom is 0.416 e. The van der Waals surface area contributed by atoms with E-state index >= 15 is 0 Å². The topological polar surface area (TPSA) is 55.2 Å². The summed E-state index contributed by atoms with van der Waals surface area (Å²) < 4.78 is 37.4. The number of nitro groups is 1. The third kappa shape index (κ3) is 2.61. The second kappa shape index (κ2) is 4.56. The molecule has 0 atom stereocenters. The summed E-state index contributed by atoms with van der Waals surface area (Å²) in [7, 11) is 0. The standard InChI is InChI=1S/C11H11F3N2O2/c12-11(13,14)9-2-1-8(3-7-5-15-6-7)10(4-9)16(17)18/h1-2,4,7,15H,3,5-6H2. The molecular formula is C11H11F3N2O2. The number of nitrogens with zero attached hydrogens (tertiary/aromatic N) is 1. The van der Waals surface area contributed by atoms with Crippen LogP contribution in [0.5, 0.6) is 0 Å². The molecule has 0 aromatic heterocycles. The van der Waals surface area contributed by atoms with E-state index in [0.29, 0.717) is 18.1 Å². The van der Waals surface area contributed by atoms with Gasteiger partial charge in [-0.15, -0.1) is 0 Å². The highest BCUT2D eigenvalue weighted by Gasteiger charge is 2.33. The Hall–Kier alpha value is -1.63. The zero-order valence-electron chi connectivity index (χ0n) is 9.33. The first kappa shape index (κ1) is 12.8. The summed E-state index contributed by atoms with van der Waals surface area (Å²) in [5.41, 5.74) is -1.07. The Balaban J connectivity index is 2.31. The third-order valence-corrected chi connectivity index (χ3v) is 2.98. The summed E-state index contributed by atoms with van der Waals surface area (Å²) in [6, 6.07) is 2.72. The molecule has 1 aromatic rings. The largest absolute Gasteiger partial charge is 0.416 e. The first-order valence-corrected chi connectivity index (χ1v) is 5.43. The Kier molecular flexibility index (Phi) is 3.25. The molecule has 0 saturated carbocycles. The van der Waals surface area contributed by atoms with Crippen molar-refractivity contribution in [2.24, 2.45) is 5.92 Å². The molecule has 1 aromatic carbocycles. The number of halogens is 3. The molecule has 7 heteroatoms. The molecule has 0 spiro atoms. The van der Waals surface area contributed by atoms with Crippen molar-refractivity contribution in [2.75, 3.05) is 13.1 Å². The molecule has 1 fully saturated rings. The van der Waals surface area contributed by atoms with Crippen LogP contribution in [0.1, 0.15) is 11.1 Å². The van der Waals surface area contributed by atoms with Gasteiger partial charge < -0.3 is 5.32 Å². The van der Waals surface area contributed by atoms with Gasteiger partial charge >= 0.3 is 6.18 Å². The van der Waals surface area contributed by atoms with Gasteiger partial charge in [0.25, 0.3) is 5.69 Å². The molecule has 1 aliphatic rings. The molecule has 1 aliphatic heterocycles. The van der Waals surface area contributed by atoms with Crippen molar-refractivity contribution in [2.45, 2.75) is 12.6 Å². The summed E-state index contributed by atoms with van der Waals surface area (Å²) >= 11 is 0. The maximum atomic E-state index is 12.5. The lowest BCUT2D eigenvalue weighted by molar-refractivity contribution is -0.385. The van der Waals surface area contributed by atoms with E-state index in [-0.39, 0.29) is 5.92 Å². The van der Waals surface area contributed by atoms with E-state index in [0.717, 1.165) is 19.2 Å². The van der Waals surface area contributed by atoms with E-state index in [2.05, 4.69) is 5.32 Å². The highest BCUT2D eigenvalue weighted by Crippen LogP contribution is 2.33. The molecular weight excluding hydrogens is 249 g/mol. The van der Waals surface area contributed by atoms with Gasteiger partial charge in [0.1, 0.15) is 0 Å². The van der Waals surface area contributed by atoms with Gasteiger partial charge in [0, 0.05) is 11.6 Å². The van der Waals surface area contributed by atoms with Gasteiger partial charge in [0.05, 0.1) is 10.5 Å². The van der Waals surface area contributed by atoms with Crippen LogP contribution in [0.4, 0.5) is 18.9 Å². The minimum Gasteiger partial charge on any atom is -0.316 e. The van der Waals surface area contributed by atoms with Crippen molar-refractivity contribution >= 4 is 5.69 Å². The molecule has 1 N–H and O–H groups in total. The molecule has 18 heavy (non-hydrogen) atoms. The molecule has 0 aliphatic carbocycles. The normalized spacial score (nSPS) is 16.4. The van der Waals surface area contributed by atoms with Crippen LogP contribution in [0.15, 0.2) is 18.2 Å².